The fraction of sp³-hybridized carbons (Fsp3) is 0.0769. The summed E-state index contributed by atoms with van der Waals surface area (Å²) in [6, 6.07) is 61.9. The van der Waals surface area contributed by atoms with E-state index in [-0.39, 0.29) is 0 Å². The first kappa shape index (κ1) is 60.9. The topological polar surface area (TPSA) is 210 Å². The van der Waals surface area contributed by atoms with Crippen molar-refractivity contribution in [1.82, 2.24) is 0 Å². The van der Waals surface area contributed by atoms with Crippen LogP contribution in [-0.4, -0.2) is 33.7 Å². The van der Waals surface area contributed by atoms with E-state index < -0.39 is 89.8 Å². The normalized spacial score (nSPS) is 13.7. The van der Waals surface area contributed by atoms with Crippen LogP contribution in [0.4, 0.5) is 0 Å². The Morgan fingerprint density at radius 1 is 0.224 bits per heavy atom. The third kappa shape index (κ3) is 23.5. The van der Waals surface area contributed by atoms with Crippen LogP contribution in [-0.2, 0) is 104 Å². The molecular weight excluding hydrogens is 1140 g/mol. The van der Waals surface area contributed by atoms with Gasteiger partial charge in [0.25, 0.3) is 0 Å². The molecule has 0 aromatic heterocycles. The van der Waals surface area contributed by atoms with Crippen molar-refractivity contribution in [2.45, 2.75) is 47.3 Å². The van der Waals surface area contributed by atoms with Gasteiger partial charge < -0.3 is 16.7 Å². The van der Waals surface area contributed by atoms with Crippen LogP contribution < -0.4 is 16.7 Å². The van der Waals surface area contributed by atoms with Crippen LogP contribution in [0.15, 0.2) is 238 Å². The summed E-state index contributed by atoms with van der Waals surface area (Å²) < 4.78 is 132. The van der Waals surface area contributed by atoms with Gasteiger partial charge in [0.2, 0.25) is 44.3 Å². The van der Waals surface area contributed by atoms with Crippen molar-refractivity contribution in [3.05, 3.63) is 241 Å². The van der Waals surface area contributed by atoms with Gasteiger partial charge in [-0.05, 0) is 125 Å². The molecule has 0 fully saturated rings. The smallest absolute Gasteiger partial charge is 0.374 e. The Bertz CT molecular complexity index is 3090. The van der Waals surface area contributed by atoms with E-state index in [2.05, 4.69) is 0 Å². The highest BCUT2D eigenvalue weighted by molar-refractivity contribution is 7.92. The molecule has 0 radical (unpaired) electrons. The summed E-state index contributed by atoms with van der Waals surface area (Å²) >= 11 is -15.7. The maximum Gasteiger partial charge on any atom is 0.374 e. The molecule has 0 amide bonds. The van der Waals surface area contributed by atoms with E-state index in [4.69, 9.17) is 31.2 Å². The van der Waals surface area contributed by atoms with Gasteiger partial charge >= 0.3 is 45.4 Å². The first-order valence-electron chi connectivity index (χ1n) is 21.9. The van der Waals surface area contributed by atoms with Crippen LogP contribution in [0.1, 0.15) is 22.3 Å². The van der Waals surface area contributed by atoms with Crippen LogP contribution in [0.3, 0.4) is 0 Å². The molecule has 0 aliphatic carbocycles. The molecule has 8 unspecified atom stereocenters. The zero-order valence-corrected chi connectivity index (χ0v) is 47.1. The SMILES string of the molecule is Cc1ccc(OS(=O)OS(=O)c2ccc(C)cc2)cc1.Cc1ccc(OS(=O)OS(=O)c2ccccc2)cc1.Cc1ccc(OS(=O)OS(=O)c2ccccc2)cc1.O=S(Oc1ccccc1)OS(=O)c1ccccc1. The van der Waals surface area contributed by atoms with Gasteiger partial charge in [-0.15, -0.1) is 0 Å². The summed E-state index contributed by atoms with van der Waals surface area (Å²) in [5.41, 5.74) is 4.23. The second-order valence-corrected chi connectivity index (χ2v) is 23.1. The average molecular weight is 1190 g/mol. The van der Waals surface area contributed by atoms with E-state index in [9.17, 15) is 33.7 Å². The zero-order valence-electron chi connectivity index (χ0n) is 40.6. The number of benzene rings is 8. The molecule has 76 heavy (non-hydrogen) atoms. The standard InChI is InChI=1S/C14H14O4S2.2C13H12O4S2.C12H10O4S2/c1-11-3-7-13(8-4-11)17-20(16)18-19(15)14-9-5-12(2)6-10-14;2*1-11-7-9-12(10-8-11)16-19(15)17-18(14)13-5-3-2-4-6-13;13-17(12-9-5-2-6-10-12)16-18(14)15-11-7-3-1-4-8-11/h3-10H,1-2H3;2*2-10H,1H3;1-10H. The predicted molar refractivity (Wildman–Crippen MR) is 296 cm³/mol. The summed E-state index contributed by atoms with van der Waals surface area (Å²) in [5.74, 6) is 1.58. The lowest BCUT2D eigenvalue weighted by Crippen LogP contribution is -2.07. The van der Waals surface area contributed by atoms with Gasteiger partial charge in [-0.25, -0.2) is 16.8 Å². The van der Waals surface area contributed by atoms with Gasteiger partial charge in [-0.2, -0.15) is 31.4 Å². The lowest BCUT2D eigenvalue weighted by Gasteiger charge is -2.05. The van der Waals surface area contributed by atoms with Gasteiger partial charge in [0.1, 0.15) is 23.0 Å². The predicted octanol–water partition coefficient (Wildman–Crippen LogP) is 10.8. The largest absolute Gasteiger partial charge is 0.379 e. The van der Waals surface area contributed by atoms with E-state index >= 15 is 0 Å². The average Bonchev–Trinajstić information content (AvgIpc) is 3.42. The lowest BCUT2D eigenvalue weighted by molar-refractivity contribution is 0.471. The van der Waals surface area contributed by atoms with Gasteiger partial charge in [-0.1, -0.05) is 144 Å². The summed E-state index contributed by atoms with van der Waals surface area (Å²) in [4.78, 5) is 1.74. The minimum absolute atomic E-state index is 0.390. The number of hydrogen-bond donors (Lipinski definition) is 0. The van der Waals surface area contributed by atoms with E-state index in [1.54, 1.807) is 182 Å². The molecule has 8 aromatic rings. The minimum Gasteiger partial charge on any atom is -0.379 e. The molecule has 8 rings (SSSR count). The molecule has 0 aliphatic rings. The van der Waals surface area contributed by atoms with Crippen molar-refractivity contribution in [3.8, 4) is 23.0 Å². The molecule has 0 saturated heterocycles. The van der Waals surface area contributed by atoms with E-state index in [1.165, 1.54) is 0 Å². The highest BCUT2D eigenvalue weighted by atomic mass is 32.3. The van der Waals surface area contributed by atoms with Crippen LogP contribution >= 0.6 is 0 Å². The molecule has 0 aliphatic heterocycles. The second kappa shape index (κ2) is 33.2. The fourth-order valence-corrected chi connectivity index (χ4v) is 11.1. The maximum atomic E-state index is 11.8. The van der Waals surface area contributed by atoms with Crippen LogP contribution in [0.5, 0.6) is 23.0 Å². The Morgan fingerprint density at radius 3 is 0.645 bits per heavy atom. The number of para-hydroxylation sites is 1. The van der Waals surface area contributed by atoms with Crippen molar-refractivity contribution >= 4 is 89.8 Å². The first-order valence-corrected chi connectivity index (χ1v) is 30.2. The fourth-order valence-electron chi connectivity index (χ4n) is 5.23. The maximum absolute atomic E-state index is 11.8. The number of aryl methyl sites for hydroxylation is 4. The summed E-state index contributed by atoms with van der Waals surface area (Å²) in [7, 11) is 0. The number of hydrogen-bond acceptors (Lipinski definition) is 16. The first-order chi connectivity index (χ1) is 36.6. The van der Waals surface area contributed by atoms with Crippen LogP contribution in [0.2, 0.25) is 0 Å². The monoisotopic (exact) mass is 1180 g/mol. The molecular formula is C52H48O16S8. The molecule has 16 nitrogen and oxygen atoms in total. The lowest BCUT2D eigenvalue weighted by atomic mass is 10.2. The molecule has 0 spiro atoms. The van der Waals surface area contributed by atoms with Crippen molar-refractivity contribution in [2.75, 3.05) is 0 Å². The Labute approximate surface area is 462 Å². The third-order valence-corrected chi connectivity index (χ3v) is 16.7. The van der Waals surface area contributed by atoms with E-state index in [0.717, 1.165) is 22.3 Å². The Kier molecular flexibility index (Phi) is 26.6. The Hall–Kier alpha value is -6.00. The number of rotatable bonds is 20. The van der Waals surface area contributed by atoms with Gasteiger partial charge in [0.05, 0.1) is 19.6 Å². The van der Waals surface area contributed by atoms with E-state index in [0.29, 0.717) is 42.6 Å². The molecule has 24 heteroatoms. The Morgan fingerprint density at radius 2 is 0.408 bits per heavy atom. The van der Waals surface area contributed by atoms with Gasteiger partial charge in [-0.3, -0.25) is 0 Å². The molecule has 8 atom stereocenters. The molecule has 0 heterocycles. The Balaban J connectivity index is 0.000000187. The van der Waals surface area contributed by atoms with Crippen molar-refractivity contribution < 1.29 is 64.9 Å². The third-order valence-electron chi connectivity index (χ3n) is 8.95. The van der Waals surface area contributed by atoms with Crippen LogP contribution in [0.25, 0.3) is 0 Å². The quantitative estimate of drug-likeness (QED) is 0.0694. The second-order valence-electron chi connectivity index (χ2n) is 14.9. The van der Waals surface area contributed by atoms with E-state index in [1.807, 2.05) is 64.1 Å². The highest BCUT2D eigenvalue weighted by Gasteiger charge is 2.15. The minimum atomic E-state index is -2.11. The van der Waals surface area contributed by atoms with Crippen molar-refractivity contribution in [3.63, 3.8) is 0 Å². The summed E-state index contributed by atoms with van der Waals surface area (Å²) in [6.07, 6.45) is 0. The van der Waals surface area contributed by atoms with Crippen molar-refractivity contribution in [2.24, 2.45) is 0 Å². The molecule has 400 valence electrons. The van der Waals surface area contributed by atoms with Crippen molar-refractivity contribution in [1.29, 1.82) is 0 Å². The molecule has 0 bridgehead atoms. The zero-order chi connectivity index (χ0) is 54.7. The summed E-state index contributed by atoms with van der Waals surface area (Å²) in [5, 5.41) is 0. The summed E-state index contributed by atoms with van der Waals surface area (Å²) in [6.45, 7) is 7.72. The highest BCUT2D eigenvalue weighted by Crippen LogP contribution is 2.19. The molecule has 8 aromatic carbocycles. The van der Waals surface area contributed by atoms with Gasteiger partial charge in [0.15, 0.2) is 0 Å². The van der Waals surface area contributed by atoms with Crippen LogP contribution in [0, 0.1) is 27.7 Å². The van der Waals surface area contributed by atoms with Gasteiger partial charge in [0, 0.05) is 0 Å². The molecule has 0 saturated carbocycles. The molecule has 0 N–H and O–H groups in total.